The summed E-state index contributed by atoms with van der Waals surface area (Å²) in [5.74, 6) is 0.830. The molecule has 2 rings (SSSR count). The topological polar surface area (TPSA) is 61.3 Å². The molecule has 4 nitrogen and oxygen atoms in total. The number of aromatic nitrogens is 2. The van der Waals surface area contributed by atoms with Gasteiger partial charge in [-0.25, -0.2) is 4.98 Å². The van der Waals surface area contributed by atoms with Crippen LogP contribution in [0.5, 0.6) is 0 Å². The Hall–Kier alpha value is -1.86. The number of hydrogen-bond acceptors (Lipinski definition) is 3. The predicted octanol–water partition coefficient (Wildman–Crippen LogP) is 1.13. The fourth-order valence-corrected chi connectivity index (χ4v) is 1.60. The van der Waals surface area contributed by atoms with Crippen LogP contribution in [-0.2, 0) is 6.42 Å². The molecule has 0 aliphatic carbocycles. The molecule has 0 radical (unpaired) electrons. The van der Waals surface area contributed by atoms with Crippen molar-refractivity contribution in [3.05, 3.63) is 35.9 Å². The van der Waals surface area contributed by atoms with Gasteiger partial charge in [-0.1, -0.05) is 6.07 Å². The smallest absolute Gasteiger partial charge is 0.166 e. The van der Waals surface area contributed by atoms with Crippen LogP contribution in [-0.4, -0.2) is 21.1 Å². The van der Waals surface area contributed by atoms with Crippen molar-refractivity contribution in [2.75, 3.05) is 6.61 Å². The minimum atomic E-state index is 0.142. The van der Waals surface area contributed by atoms with Gasteiger partial charge in [0.1, 0.15) is 11.9 Å². The van der Waals surface area contributed by atoms with Crippen LogP contribution in [0, 0.1) is 11.3 Å². The molecule has 15 heavy (non-hydrogen) atoms. The second-order valence-corrected chi connectivity index (χ2v) is 3.27. The second kappa shape index (κ2) is 4.11. The molecule has 0 aromatic carbocycles. The Morgan fingerprint density at radius 3 is 3.07 bits per heavy atom. The number of nitrogens with zero attached hydrogens (tertiary/aromatic N) is 3. The molecule has 0 saturated carbocycles. The molecule has 0 bridgehead atoms. The van der Waals surface area contributed by atoms with Gasteiger partial charge in [-0.15, -0.1) is 0 Å². The molecule has 0 aliphatic heterocycles. The minimum absolute atomic E-state index is 0.142. The summed E-state index contributed by atoms with van der Waals surface area (Å²) in [6, 6.07) is 7.73. The third kappa shape index (κ3) is 1.69. The Bertz CT molecular complexity index is 510. The number of fused-ring (bicyclic) bond motifs is 1. The molecule has 0 amide bonds. The summed E-state index contributed by atoms with van der Waals surface area (Å²) in [5.41, 5.74) is 1.27. The summed E-state index contributed by atoms with van der Waals surface area (Å²) in [5, 5.41) is 17.7. The van der Waals surface area contributed by atoms with Crippen molar-refractivity contribution < 1.29 is 5.11 Å². The van der Waals surface area contributed by atoms with Crippen LogP contribution in [0.4, 0.5) is 0 Å². The van der Waals surface area contributed by atoms with E-state index in [1.54, 1.807) is 0 Å². The Morgan fingerprint density at radius 1 is 1.47 bits per heavy atom. The predicted molar refractivity (Wildman–Crippen MR) is 55.3 cm³/mol. The molecule has 76 valence electrons. The molecule has 2 aromatic heterocycles. The highest BCUT2D eigenvalue weighted by molar-refractivity contribution is 5.58. The maximum atomic E-state index is 8.90. The summed E-state index contributed by atoms with van der Waals surface area (Å²) in [6.45, 7) is 0.142. The first-order valence-corrected chi connectivity index (χ1v) is 4.83. The van der Waals surface area contributed by atoms with Crippen molar-refractivity contribution in [3.8, 4) is 6.07 Å². The summed E-state index contributed by atoms with van der Waals surface area (Å²) in [7, 11) is 0. The molecule has 4 heteroatoms. The van der Waals surface area contributed by atoms with E-state index in [1.807, 2.05) is 28.8 Å². The monoisotopic (exact) mass is 201 g/mol. The van der Waals surface area contributed by atoms with Crippen molar-refractivity contribution in [3.63, 3.8) is 0 Å². The molecule has 0 saturated heterocycles. The van der Waals surface area contributed by atoms with Gasteiger partial charge in [0.25, 0.3) is 0 Å². The zero-order valence-electron chi connectivity index (χ0n) is 8.22. The second-order valence-electron chi connectivity index (χ2n) is 3.27. The van der Waals surface area contributed by atoms with E-state index in [0.717, 1.165) is 11.3 Å². The molecule has 0 spiro atoms. The first-order valence-electron chi connectivity index (χ1n) is 4.83. The van der Waals surface area contributed by atoms with Crippen molar-refractivity contribution in [1.82, 2.24) is 9.38 Å². The van der Waals surface area contributed by atoms with Crippen molar-refractivity contribution in [1.29, 1.82) is 5.26 Å². The third-order valence-electron chi connectivity index (χ3n) is 2.29. The maximum Gasteiger partial charge on any atom is 0.166 e. The molecule has 2 heterocycles. The molecule has 2 aromatic rings. The number of aliphatic hydroxyl groups is 1. The van der Waals surface area contributed by atoms with E-state index < -0.39 is 0 Å². The number of aliphatic hydroxyl groups excluding tert-OH is 1. The van der Waals surface area contributed by atoms with Crippen molar-refractivity contribution in [2.45, 2.75) is 12.8 Å². The fourth-order valence-electron chi connectivity index (χ4n) is 1.60. The van der Waals surface area contributed by atoms with E-state index in [9.17, 15) is 0 Å². The van der Waals surface area contributed by atoms with E-state index in [-0.39, 0.29) is 6.61 Å². The Morgan fingerprint density at radius 2 is 2.33 bits per heavy atom. The lowest BCUT2D eigenvalue weighted by Crippen LogP contribution is -1.96. The summed E-state index contributed by atoms with van der Waals surface area (Å²) >= 11 is 0. The molecule has 1 N–H and O–H groups in total. The van der Waals surface area contributed by atoms with Gasteiger partial charge in [-0.3, -0.25) is 0 Å². The number of hydrogen-bond donors (Lipinski definition) is 1. The molecular weight excluding hydrogens is 190 g/mol. The average molecular weight is 201 g/mol. The lowest BCUT2D eigenvalue weighted by Gasteiger charge is -1.98. The first kappa shape index (κ1) is 9.69. The van der Waals surface area contributed by atoms with Gasteiger partial charge in [0.2, 0.25) is 0 Å². The molecular formula is C11H11N3O. The van der Waals surface area contributed by atoms with Crippen molar-refractivity contribution >= 4 is 5.52 Å². The van der Waals surface area contributed by atoms with Gasteiger partial charge in [0.15, 0.2) is 5.69 Å². The van der Waals surface area contributed by atoms with Gasteiger partial charge in [0.05, 0.1) is 5.52 Å². The normalized spacial score (nSPS) is 10.4. The van der Waals surface area contributed by atoms with Crippen LogP contribution in [0.15, 0.2) is 24.4 Å². The summed E-state index contributed by atoms with van der Waals surface area (Å²) < 4.78 is 1.90. The fraction of sp³-hybridized carbons (Fsp3) is 0.273. The number of aryl methyl sites for hydroxylation is 1. The molecule has 0 atom stereocenters. The highest BCUT2D eigenvalue weighted by Gasteiger charge is 2.08. The highest BCUT2D eigenvalue weighted by Crippen LogP contribution is 2.13. The van der Waals surface area contributed by atoms with Crippen LogP contribution in [0.1, 0.15) is 17.9 Å². The lowest BCUT2D eigenvalue weighted by atomic mass is 10.3. The maximum absolute atomic E-state index is 8.90. The van der Waals surface area contributed by atoms with Gasteiger partial charge in [-0.05, 0) is 18.6 Å². The highest BCUT2D eigenvalue weighted by atomic mass is 16.2. The minimum Gasteiger partial charge on any atom is -0.396 e. The molecule has 0 unspecified atom stereocenters. The average Bonchev–Trinajstić information content (AvgIpc) is 2.65. The zero-order chi connectivity index (χ0) is 10.7. The van der Waals surface area contributed by atoms with Crippen LogP contribution in [0.2, 0.25) is 0 Å². The third-order valence-corrected chi connectivity index (χ3v) is 2.29. The quantitative estimate of drug-likeness (QED) is 0.809. The summed E-state index contributed by atoms with van der Waals surface area (Å²) in [4.78, 5) is 4.24. The largest absolute Gasteiger partial charge is 0.396 e. The van der Waals surface area contributed by atoms with E-state index in [0.29, 0.717) is 18.5 Å². The number of nitriles is 1. The first-order chi connectivity index (χ1) is 7.36. The molecule has 0 fully saturated rings. The van der Waals surface area contributed by atoms with Gasteiger partial charge >= 0.3 is 0 Å². The SMILES string of the molecule is N#Cc1nc(CCCO)n2ccccc12. The standard InChI is InChI=1S/C11H11N3O/c12-8-9-10-4-1-2-6-14(10)11(13-9)5-3-7-15/h1-2,4,6,15H,3,5,7H2. The van der Waals surface area contributed by atoms with E-state index in [1.165, 1.54) is 0 Å². The Balaban J connectivity index is 2.51. The summed E-state index contributed by atoms with van der Waals surface area (Å²) in [6.07, 6.45) is 3.23. The van der Waals surface area contributed by atoms with Crippen LogP contribution >= 0.6 is 0 Å². The van der Waals surface area contributed by atoms with Crippen LogP contribution in [0.3, 0.4) is 0 Å². The van der Waals surface area contributed by atoms with Crippen LogP contribution < -0.4 is 0 Å². The number of pyridine rings is 1. The van der Waals surface area contributed by atoms with Crippen molar-refractivity contribution in [2.24, 2.45) is 0 Å². The number of imidazole rings is 1. The van der Waals surface area contributed by atoms with Gasteiger partial charge < -0.3 is 9.51 Å². The lowest BCUT2D eigenvalue weighted by molar-refractivity contribution is 0.287. The zero-order valence-corrected chi connectivity index (χ0v) is 8.22. The van der Waals surface area contributed by atoms with Gasteiger partial charge in [-0.2, -0.15) is 5.26 Å². The van der Waals surface area contributed by atoms with Gasteiger partial charge in [0, 0.05) is 19.2 Å². The van der Waals surface area contributed by atoms with Crippen LogP contribution in [0.25, 0.3) is 5.52 Å². The van der Waals surface area contributed by atoms with E-state index in [2.05, 4.69) is 11.1 Å². The Labute approximate surface area is 87.4 Å². The molecule has 0 aliphatic rings. The van der Waals surface area contributed by atoms with E-state index in [4.69, 9.17) is 10.4 Å². The van der Waals surface area contributed by atoms with E-state index >= 15 is 0 Å². The number of rotatable bonds is 3. The Kier molecular flexibility index (Phi) is 2.66.